The highest BCUT2D eigenvalue weighted by atomic mass is 79.9. The molecule has 98 valence electrons. The summed E-state index contributed by atoms with van der Waals surface area (Å²) in [6, 6.07) is 0. The van der Waals surface area contributed by atoms with Crippen LogP contribution in [0.4, 0.5) is 0 Å². The lowest BCUT2D eigenvalue weighted by molar-refractivity contribution is 0.638. The van der Waals surface area contributed by atoms with Gasteiger partial charge in [-0.15, -0.1) is 0 Å². The lowest BCUT2D eigenvalue weighted by atomic mass is 10.4. The molecule has 0 aromatic carbocycles. The lowest BCUT2D eigenvalue weighted by Gasteiger charge is -2.03. The first-order chi connectivity index (χ1) is 9.22. The van der Waals surface area contributed by atoms with E-state index < -0.39 is 0 Å². The van der Waals surface area contributed by atoms with Crippen LogP contribution >= 0.6 is 15.9 Å². The number of nitrogens with zero attached hydrogens (tertiary/aromatic N) is 6. The fourth-order valence-corrected chi connectivity index (χ4v) is 2.12. The second-order valence-electron chi connectivity index (χ2n) is 4.13. The van der Waals surface area contributed by atoms with Crippen LogP contribution in [0, 0.1) is 0 Å². The molecule has 3 aromatic heterocycles. The van der Waals surface area contributed by atoms with Gasteiger partial charge in [-0.1, -0.05) is 0 Å². The summed E-state index contributed by atoms with van der Waals surface area (Å²) in [5.41, 5.74) is 1.89. The Morgan fingerprint density at radius 3 is 2.89 bits per heavy atom. The fraction of sp³-hybridized carbons (Fsp3) is 0.273. The molecule has 0 aliphatic heterocycles. The van der Waals surface area contributed by atoms with Gasteiger partial charge in [-0.3, -0.25) is 9.08 Å². The van der Waals surface area contributed by atoms with Gasteiger partial charge in [0, 0.05) is 19.8 Å². The van der Waals surface area contributed by atoms with Crippen molar-refractivity contribution in [3.63, 3.8) is 0 Å². The molecule has 0 radical (unpaired) electrons. The SMILES string of the molecule is Cn1cnc(CNCc2cnc3cnc(Br)cn23)n1. The summed E-state index contributed by atoms with van der Waals surface area (Å²) >= 11 is 3.36. The van der Waals surface area contributed by atoms with Crippen LogP contribution in [0.3, 0.4) is 0 Å². The zero-order valence-corrected chi connectivity index (χ0v) is 11.9. The Kier molecular flexibility index (Phi) is 3.26. The Morgan fingerprint density at radius 2 is 2.11 bits per heavy atom. The minimum Gasteiger partial charge on any atom is -0.304 e. The number of halogens is 1. The van der Waals surface area contributed by atoms with E-state index in [1.165, 1.54) is 0 Å². The van der Waals surface area contributed by atoms with E-state index in [-0.39, 0.29) is 0 Å². The highest BCUT2D eigenvalue weighted by Gasteiger charge is 2.04. The number of nitrogens with one attached hydrogen (secondary N) is 1. The largest absolute Gasteiger partial charge is 0.304 e. The standard InChI is InChI=1S/C11H12BrN7/c1-18-7-16-10(17-18)4-13-2-8-3-15-11-5-14-9(12)6-19(8)11/h3,5-7,13H,2,4H2,1H3. The monoisotopic (exact) mass is 321 g/mol. The third-order valence-corrected chi connectivity index (χ3v) is 3.09. The molecule has 3 aromatic rings. The van der Waals surface area contributed by atoms with Crippen molar-refractivity contribution in [2.45, 2.75) is 13.1 Å². The molecule has 3 heterocycles. The van der Waals surface area contributed by atoms with E-state index in [9.17, 15) is 0 Å². The van der Waals surface area contributed by atoms with Crippen LogP contribution in [0.1, 0.15) is 11.5 Å². The maximum atomic E-state index is 4.29. The molecule has 8 heteroatoms. The number of rotatable bonds is 4. The Hall–Kier alpha value is -1.80. The van der Waals surface area contributed by atoms with Crippen LogP contribution in [-0.2, 0) is 20.1 Å². The quantitative estimate of drug-likeness (QED) is 0.773. The molecule has 0 bridgehead atoms. The maximum Gasteiger partial charge on any atom is 0.164 e. The van der Waals surface area contributed by atoms with E-state index in [0.29, 0.717) is 13.1 Å². The van der Waals surface area contributed by atoms with Gasteiger partial charge in [0.15, 0.2) is 11.5 Å². The Labute approximate surface area is 117 Å². The average Bonchev–Trinajstić information content (AvgIpc) is 2.97. The summed E-state index contributed by atoms with van der Waals surface area (Å²) in [4.78, 5) is 12.6. The third-order valence-electron chi connectivity index (χ3n) is 2.68. The molecule has 0 aliphatic rings. The molecule has 0 amide bonds. The fourth-order valence-electron chi connectivity index (χ4n) is 1.81. The first-order valence-corrected chi connectivity index (χ1v) is 6.54. The van der Waals surface area contributed by atoms with Gasteiger partial charge in [0.2, 0.25) is 0 Å². The van der Waals surface area contributed by atoms with Crippen LogP contribution in [-0.4, -0.2) is 29.1 Å². The summed E-state index contributed by atoms with van der Waals surface area (Å²) in [6.07, 6.45) is 7.16. The van der Waals surface area contributed by atoms with Gasteiger partial charge >= 0.3 is 0 Å². The molecule has 0 atom stereocenters. The van der Waals surface area contributed by atoms with Crippen LogP contribution in [0.5, 0.6) is 0 Å². The Balaban J connectivity index is 1.70. The summed E-state index contributed by atoms with van der Waals surface area (Å²) in [5.74, 6) is 0.777. The zero-order chi connectivity index (χ0) is 13.2. The summed E-state index contributed by atoms with van der Waals surface area (Å²) in [7, 11) is 1.85. The number of aromatic nitrogens is 6. The molecule has 0 saturated carbocycles. The van der Waals surface area contributed by atoms with Gasteiger partial charge in [-0.05, 0) is 15.9 Å². The van der Waals surface area contributed by atoms with E-state index in [1.54, 1.807) is 17.2 Å². The molecular weight excluding hydrogens is 310 g/mol. The molecule has 3 rings (SSSR count). The summed E-state index contributed by atoms with van der Waals surface area (Å²) in [5, 5.41) is 7.50. The molecule has 0 aliphatic carbocycles. The van der Waals surface area contributed by atoms with Gasteiger partial charge in [0.1, 0.15) is 10.9 Å². The Bertz CT molecular complexity index is 702. The minimum atomic E-state index is 0.625. The molecule has 0 fully saturated rings. The first-order valence-electron chi connectivity index (χ1n) is 5.75. The van der Waals surface area contributed by atoms with Crippen LogP contribution in [0.2, 0.25) is 0 Å². The molecule has 1 N–H and O–H groups in total. The van der Waals surface area contributed by atoms with Crippen molar-refractivity contribution < 1.29 is 0 Å². The van der Waals surface area contributed by atoms with Crippen LogP contribution < -0.4 is 5.32 Å². The van der Waals surface area contributed by atoms with Gasteiger partial charge < -0.3 is 5.32 Å². The van der Waals surface area contributed by atoms with Crippen LogP contribution in [0.15, 0.2) is 29.5 Å². The van der Waals surface area contributed by atoms with Gasteiger partial charge in [0.25, 0.3) is 0 Å². The molecular formula is C11H12BrN7. The zero-order valence-electron chi connectivity index (χ0n) is 10.3. The van der Waals surface area contributed by atoms with Crippen molar-refractivity contribution in [1.29, 1.82) is 0 Å². The van der Waals surface area contributed by atoms with E-state index >= 15 is 0 Å². The number of fused-ring (bicyclic) bond motifs is 1. The van der Waals surface area contributed by atoms with E-state index in [0.717, 1.165) is 21.8 Å². The third kappa shape index (κ3) is 2.64. The van der Waals surface area contributed by atoms with E-state index in [2.05, 4.69) is 41.3 Å². The first kappa shape index (κ1) is 12.2. The van der Waals surface area contributed by atoms with Crippen molar-refractivity contribution in [2.75, 3.05) is 0 Å². The number of hydrogen-bond acceptors (Lipinski definition) is 5. The highest BCUT2D eigenvalue weighted by Crippen LogP contribution is 2.10. The van der Waals surface area contributed by atoms with Crippen LogP contribution in [0.25, 0.3) is 5.65 Å². The minimum absolute atomic E-state index is 0.625. The van der Waals surface area contributed by atoms with Crippen molar-refractivity contribution in [1.82, 2.24) is 34.4 Å². The highest BCUT2D eigenvalue weighted by molar-refractivity contribution is 9.10. The molecule has 19 heavy (non-hydrogen) atoms. The predicted octanol–water partition coefficient (Wildman–Crippen LogP) is 0.910. The molecule has 0 spiro atoms. The number of hydrogen-bond donors (Lipinski definition) is 1. The average molecular weight is 322 g/mol. The second kappa shape index (κ2) is 5.06. The second-order valence-corrected chi connectivity index (χ2v) is 4.94. The van der Waals surface area contributed by atoms with Crippen molar-refractivity contribution in [3.8, 4) is 0 Å². The maximum absolute atomic E-state index is 4.29. The molecule has 0 unspecified atom stereocenters. The predicted molar refractivity (Wildman–Crippen MR) is 72.2 cm³/mol. The van der Waals surface area contributed by atoms with E-state index in [1.807, 2.05) is 23.8 Å². The van der Waals surface area contributed by atoms with Gasteiger partial charge in [0.05, 0.1) is 24.6 Å². The number of imidazole rings is 1. The van der Waals surface area contributed by atoms with E-state index in [4.69, 9.17) is 0 Å². The normalized spacial score (nSPS) is 11.3. The number of aryl methyl sites for hydroxylation is 1. The smallest absolute Gasteiger partial charge is 0.164 e. The summed E-state index contributed by atoms with van der Waals surface area (Å²) in [6.45, 7) is 1.32. The van der Waals surface area contributed by atoms with Gasteiger partial charge in [-0.2, -0.15) is 5.10 Å². The summed E-state index contributed by atoms with van der Waals surface area (Å²) < 4.78 is 4.47. The van der Waals surface area contributed by atoms with Crippen molar-refractivity contribution in [2.24, 2.45) is 7.05 Å². The van der Waals surface area contributed by atoms with Crippen molar-refractivity contribution in [3.05, 3.63) is 41.0 Å². The van der Waals surface area contributed by atoms with Gasteiger partial charge in [-0.25, -0.2) is 15.0 Å². The van der Waals surface area contributed by atoms with Crippen molar-refractivity contribution >= 4 is 21.6 Å². The molecule has 7 nitrogen and oxygen atoms in total. The lowest BCUT2D eigenvalue weighted by Crippen LogP contribution is -2.15. The Morgan fingerprint density at radius 1 is 1.21 bits per heavy atom. The topological polar surface area (TPSA) is 72.9 Å². The molecule has 0 saturated heterocycles.